The Balaban J connectivity index is 1.62. The van der Waals surface area contributed by atoms with Gasteiger partial charge in [-0.25, -0.2) is 14.2 Å². The molecule has 2 aromatic rings. The predicted molar refractivity (Wildman–Crippen MR) is 95.8 cm³/mol. The van der Waals surface area contributed by atoms with Gasteiger partial charge >= 0.3 is 6.09 Å². The number of amides is 1. The number of aliphatic hydroxyl groups is 1. The zero-order valence-electron chi connectivity index (χ0n) is 15.0. The Hall–Kier alpha value is -3.22. The van der Waals surface area contributed by atoms with Crippen LogP contribution in [0.2, 0.25) is 0 Å². The minimum absolute atomic E-state index is 0.0681. The molecule has 1 fully saturated rings. The van der Waals surface area contributed by atoms with Gasteiger partial charge in [0.05, 0.1) is 17.3 Å². The molecule has 1 aromatic carbocycles. The van der Waals surface area contributed by atoms with Gasteiger partial charge in [-0.3, -0.25) is 4.90 Å². The number of ether oxygens (including phenoxy) is 1. The number of benzene rings is 1. The summed E-state index contributed by atoms with van der Waals surface area (Å²) in [7, 11) is 0. The van der Waals surface area contributed by atoms with Crippen molar-refractivity contribution >= 4 is 6.09 Å². The number of halogens is 1. The monoisotopic (exact) mass is 386 g/mol. The molecule has 0 aliphatic carbocycles. The van der Waals surface area contributed by atoms with E-state index in [4.69, 9.17) is 15.1 Å². The maximum atomic E-state index is 13.9. The molecule has 146 valence electrons. The third-order valence-electron chi connectivity index (χ3n) is 4.50. The number of aromatic nitrogens is 1. The number of nitrogens with zero attached hydrogens (tertiary/aromatic N) is 4. The number of piperazine rings is 1. The van der Waals surface area contributed by atoms with Gasteiger partial charge in [-0.05, 0) is 18.2 Å². The largest absolute Gasteiger partial charge is 0.473 e. The van der Waals surface area contributed by atoms with Gasteiger partial charge in [-0.15, -0.1) is 0 Å². The van der Waals surface area contributed by atoms with Crippen LogP contribution in [-0.4, -0.2) is 57.3 Å². The van der Waals surface area contributed by atoms with Crippen molar-refractivity contribution in [1.29, 1.82) is 5.26 Å². The van der Waals surface area contributed by atoms with Crippen molar-refractivity contribution < 1.29 is 24.1 Å². The Morgan fingerprint density at radius 3 is 2.68 bits per heavy atom. The van der Waals surface area contributed by atoms with E-state index >= 15 is 0 Å². The molecular formula is C19H19FN4O4. The smallest absolute Gasteiger partial charge is 0.407 e. The lowest BCUT2D eigenvalue weighted by molar-refractivity contribution is -0.0271. The number of carbonyl (C=O) groups is 1. The molecule has 0 unspecified atom stereocenters. The molecule has 1 aliphatic rings. The van der Waals surface area contributed by atoms with E-state index in [1.165, 1.54) is 17.0 Å². The van der Waals surface area contributed by atoms with Gasteiger partial charge in [-0.2, -0.15) is 5.26 Å². The first kappa shape index (κ1) is 19.5. The number of hydrogen-bond donors (Lipinski definition) is 2. The van der Waals surface area contributed by atoms with Crippen molar-refractivity contribution in [2.24, 2.45) is 0 Å². The van der Waals surface area contributed by atoms with Crippen LogP contribution >= 0.6 is 0 Å². The van der Waals surface area contributed by atoms with E-state index in [2.05, 4.69) is 4.98 Å². The van der Waals surface area contributed by atoms with Crippen molar-refractivity contribution in [1.82, 2.24) is 14.8 Å². The number of hydrogen-bond acceptors (Lipinski definition) is 6. The molecule has 1 aliphatic heterocycles. The zero-order chi connectivity index (χ0) is 20.1. The molecule has 0 bridgehead atoms. The third kappa shape index (κ3) is 4.54. The van der Waals surface area contributed by atoms with Crippen LogP contribution in [0.1, 0.15) is 23.0 Å². The fourth-order valence-electron chi connectivity index (χ4n) is 2.89. The second-order valence-electron chi connectivity index (χ2n) is 6.29. The van der Waals surface area contributed by atoms with Gasteiger partial charge in [0.2, 0.25) is 5.88 Å². The van der Waals surface area contributed by atoms with Crippen LogP contribution < -0.4 is 4.74 Å². The average Bonchev–Trinajstić information content (AvgIpc) is 2.72. The van der Waals surface area contributed by atoms with Crippen molar-refractivity contribution in [3.63, 3.8) is 0 Å². The average molecular weight is 386 g/mol. The van der Waals surface area contributed by atoms with Crippen molar-refractivity contribution in [2.75, 3.05) is 26.2 Å². The van der Waals surface area contributed by atoms with Gasteiger partial charge in [0.15, 0.2) is 6.23 Å². The van der Waals surface area contributed by atoms with Crippen molar-refractivity contribution in [3.8, 4) is 11.9 Å². The van der Waals surface area contributed by atoms with E-state index in [1.54, 1.807) is 23.1 Å². The Morgan fingerprint density at radius 2 is 2.04 bits per heavy atom. The van der Waals surface area contributed by atoms with Gasteiger partial charge < -0.3 is 19.8 Å². The Morgan fingerprint density at radius 1 is 1.29 bits per heavy atom. The van der Waals surface area contributed by atoms with Crippen molar-refractivity contribution in [2.45, 2.75) is 12.8 Å². The molecule has 1 saturated heterocycles. The fourth-order valence-corrected chi connectivity index (χ4v) is 2.89. The number of nitriles is 1. The van der Waals surface area contributed by atoms with Crippen LogP contribution in [0.25, 0.3) is 0 Å². The standard InChI is InChI=1S/C19H19FN4O4/c20-15-10-13(11-21)4-5-14(15)12-28-17-3-1-2-16(22-17)18(25)23-6-8-24(9-7-23)19(26)27/h1-5,10,18,25H,6-9,12H2,(H,26,27)/t18-/m1/s1. The maximum absolute atomic E-state index is 13.9. The second kappa shape index (κ2) is 8.65. The summed E-state index contributed by atoms with van der Waals surface area (Å²) < 4.78 is 19.5. The van der Waals surface area contributed by atoms with Gasteiger partial charge in [-0.1, -0.05) is 12.1 Å². The molecule has 0 spiro atoms. The first-order chi connectivity index (χ1) is 13.5. The molecule has 9 heteroatoms. The summed E-state index contributed by atoms with van der Waals surface area (Å²) in [5.74, 6) is -0.309. The highest BCUT2D eigenvalue weighted by Crippen LogP contribution is 2.21. The first-order valence-electron chi connectivity index (χ1n) is 8.66. The SMILES string of the molecule is N#Cc1ccc(COc2cccc([C@@H](O)N3CCN(C(=O)O)CC3)n2)c(F)c1. The van der Waals surface area contributed by atoms with Crippen LogP contribution in [0.3, 0.4) is 0 Å². The van der Waals surface area contributed by atoms with Gasteiger partial charge in [0, 0.05) is 37.8 Å². The summed E-state index contributed by atoms with van der Waals surface area (Å²) in [4.78, 5) is 18.3. The molecule has 2 N–H and O–H groups in total. The Kier molecular flexibility index (Phi) is 6.03. The van der Waals surface area contributed by atoms with Crippen LogP contribution in [0.15, 0.2) is 36.4 Å². The zero-order valence-corrected chi connectivity index (χ0v) is 15.0. The second-order valence-corrected chi connectivity index (χ2v) is 6.29. The van der Waals surface area contributed by atoms with Gasteiger partial charge in [0.1, 0.15) is 12.4 Å². The Labute approximate surface area is 161 Å². The quantitative estimate of drug-likeness (QED) is 0.808. The molecule has 2 heterocycles. The predicted octanol–water partition coefficient (Wildman–Crippen LogP) is 1.96. The molecule has 28 heavy (non-hydrogen) atoms. The lowest BCUT2D eigenvalue weighted by atomic mass is 10.1. The summed E-state index contributed by atoms with van der Waals surface area (Å²) in [5.41, 5.74) is 0.880. The van der Waals surface area contributed by atoms with Crippen LogP contribution in [0.4, 0.5) is 9.18 Å². The third-order valence-corrected chi connectivity index (χ3v) is 4.50. The normalized spacial score (nSPS) is 15.7. The van der Waals surface area contributed by atoms with E-state index in [1.807, 2.05) is 6.07 Å². The molecule has 1 amide bonds. The highest BCUT2D eigenvalue weighted by atomic mass is 19.1. The van der Waals surface area contributed by atoms with E-state index in [0.717, 1.165) is 6.07 Å². The van der Waals surface area contributed by atoms with Crippen LogP contribution in [-0.2, 0) is 6.61 Å². The van der Waals surface area contributed by atoms with Crippen molar-refractivity contribution in [3.05, 3.63) is 59.0 Å². The van der Waals surface area contributed by atoms with Gasteiger partial charge in [0.25, 0.3) is 0 Å². The number of pyridine rings is 1. The summed E-state index contributed by atoms with van der Waals surface area (Å²) in [5, 5.41) is 28.3. The summed E-state index contributed by atoms with van der Waals surface area (Å²) >= 11 is 0. The minimum Gasteiger partial charge on any atom is -0.473 e. The Bertz CT molecular complexity index is 894. The fraction of sp³-hybridized carbons (Fsp3) is 0.316. The van der Waals surface area contributed by atoms with E-state index in [9.17, 15) is 14.3 Å². The molecule has 0 radical (unpaired) electrons. The molecule has 3 rings (SSSR count). The summed E-state index contributed by atoms with van der Waals surface area (Å²) in [6.45, 7) is 1.32. The molecule has 8 nitrogen and oxygen atoms in total. The highest BCUT2D eigenvalue weighted by Gasteiger charge is 2.26. The molecule has 0 saturated carbocycles. The lowest BCUT2D eigenvalue weighted by Gasteiger charge is -2.35. The topological polar surface area (TPSA) is 110 Å². The van der Waals surface area contributed by atoms with E-state index in [0.29, 0.717) is 31.9 Å². The summed E-state index contributed by atoms with van der Waals surface area (Å²) in [6, 6.07) is 10.9. The molecular weight excluding hydrogens is 367 g/mol. The number of rotatable bonds is 5. The summed E-state index contributed by atoms with van der Waals surface area (Å²) in [6.07, 6.45) is -1.97. The maximum Gasteiger partial charge on any atom is 0.407 e. The molecule has 1 aromatic heterocycles. The molecule has 1 atom stereocenters. The van der Waals surface area contributed by atoms with Crippen LogP contribution in [0, 0.1) is 17.1 Å². The number of aliphatic hydroxyl groups excluding tert-OH is 1. The highest BCUT2D eigenvalue weighted by molar-refractivity contribution is 5.65. The first-order valence-corrected chi connectivity index (χ1v) is 8.66. The number of carboxylic acid groups (broad SMARTS) is 1. The van der Waals surface area contributed by atoms with E-state index in [-0.39, 0.29) is 23.6 Å². The lowest BCUT2D eigenvalue weighted by Crippen LogP contribution is -2.49. The van der Waals surface area contributed by atoms with Crippen LogP contribution in [0.5, 0.6) is 5.88 Å². The minimum atomic E-state index is -0.994. The van der Waals surface area contributed by atoms with E-state index < -0.39 is 18.1 Å².